The molecule has 0 unspecified atom stereocenters. The van der Waals surface area contributed by atoms with Gasteiger partial charge in [-0.3, -0.25) is 9.59 Å². The third-order valence-electron chi connectivity index (χ3n) is 2.70. The molecule has 102 valence electrons. The maximum Gasteiger partial charge on any atom is 0.253 e. The van der Waals surface area contributed by atoms with Gasteiger partial charge in [-0.25, -0.2) is 4.39 Å². The maximum absolute atomic E-state index is 13.2. The standard InChI is InChI=1S/C15H11ClFNO2/c16-14-11(7-4-8-12(14)17)15(20)18-9-13(19)10-5-2-1-3-6-10/h1-8H,9H2,(H,18,20). The summed E-state index contributed by atoms with van der Waals surface area (Å²) in [6.07, 6.45) is 0. The Hall–Kier alpha value is -2.20. The summed E-state index contributed by atoms with van der Waals surface area (Å²) in [6.45, 7) is -0.171. The summed E-state index contributed by atoms with van der Waals surface area (Å²) in [5.41, 5.74) is 0.505. The van der Waals surface area contributed by atoms with Crippen LogP contribution < -0.4 is 5.32 Å². The molecule has 0 aliphatic heterocycles. The summed E-state index contributed by atoms with van der Waals surface area (Å²) in [6, 6.07) is 12.5. The van der Waals surface area contributed by atoms with Crippen molar-refractivity contribution in [3.8, 4) is 0 Å². The zero-order valence-corrected chi connectivity index (χ0v) is 11.2. The SMILES string of the molecule is O=C(CNC(=O)c1cccc(F)c1Cl)c1ccccc1. The molecule has 2 aromatic rings. The molecular weight excluding hydrogens is 281 g/mol. The van der Waals surface area contributed by atoms with Gasteiger partial charge in [0.2, 0.25) is 0 Å². The highest BCUT2D eigenvalue weighted by molar-refractivity contribution is 6.34. The van der Waals surface area contributed by atoms with Gasteiger partial charge in [-0.2, -0.15) is 0 Å². The molecule has 3 nitrogen and oxygen atoms in total. The minimum atomic E-state index is -0.672. The number of amides is 1. The second-order valence-corrected chi connectivity index (χ2v) is 4.45. The molecule has 0 aromatic heterocycles. The van der Waals surface area contributed by atoms with E-state index < -0.39 is 11.7 Å². The number of carbonyl (C=O) groups excluding carboxylic acids is 2. The second kappa shape index (κ2) is 6.30. The van der Waals surface area contributed by atoms with Gasteiger partial charge in [0.1, 0.15) is 5.82 Å². The van der Waals surface area contributed by atoms with Gasteiger partial charge in [0, 0.05) is 5.56 Å². The lowest BCUT2D eigenvalue weighted by molar-refractivity contribution is 0.0904. The van der Waals surface area contributed by atoms with Crippen molar-refractivity contribution in [2.45, 2.75) is 0 Å². The molecule has 0 heterocycles. The number of ketones is 1. The van der Waals surface area contributed by atoms with Gasteiger partial charge in [-0.05, 0) is 12.1 Å². The fourth-order valence-electron chi connectivity index (χ4n) is 1.66. The van der Waals surface area contributed by atoms with Crippen molar-refractivity contribution in [3.63, 3.8) is 0 Å². The summed E-state index contributed by atoms with van der Waals surface area (Å²) < 4.78 is 13.2. The highest BCUT2D eigenvalue weighted by atomic mass is 35.5. The van der Waals surface area contributed by atoms with Crippen molar-refractivity contribution in [2.75, 3.05) is 6.54 Å². The highest BCUT2D eigenvalue weighted by Crippen LogP contribution is 2.19. The third-order valence-corrected chi connectivity index (χ3v) is 3.09. The van der Waals surface area contributed by atoms with Gasteiger partial charge < -0.3 is 5.32 Å². The largest absolute Gasteiger partial charge is 0.345 e. The second-order valence-electron chi connectivity index (χ2n) is 4.07. The molecule has 0 spiro atoms. The van der Waals surface area contributed by atoms with Crippen LogP contribution in [-0.4, -0.2) is 18.2 Å². The van der Waals surface area contributed by atoms with E-state index in [-0.39, 0.29) is 22.9 Å². The van der Waals surface area contributed by atoms with Crippen LogP contribution in [0.2, 0.25) is 5.02 Å². The van der Waals surface area contributed by atoms with Crippen LogP contribution in [0.3, 0.4) is 0 Å². The predicted octanol–water partition coefficient (Wildman–Crippen LogP) is 3.09. The first-order valence-electron chi connectivity index (χ1n) is 5.90. The van der Waals surface area contributed by atoms with Crippen molar-refractivity contribution in [2.24, 2.45) is 0 Å². The zero-order chi connectivity index (χ0) is 14.5. The number of halogens is 2. The number of rotatable bonds is 4. The van der Waals surface area contributed by atoms with E-state index in [4.69, 9.17) is 11.6 Å². The lowest BCUT2D eigenvalue weighted by atomic mass is 10.1. The topological polar surface area (TPSA) is 46.2 Å². The van der Waals surface area contributed by atoms with Crippen LogP contribution in [-0.2, 0) is 0 Å². The summed E-state index contributed by atoms with van der Waals surface area (Å²) in [7, 11) is 0. The van der Waals surface area contributed by atoms with Gasteiger partial charge in [-0.1, -0.05) is 48.0 Å². The molecule has 2 aromatic carbocycles. The minimum absolute atomic E-state index is 0.00697. The van der Waals surface area contributed by atoms with E-state index in [1.165, 1.54) is 12.1 Å². The van der Waals surface area contributed by atoms with Crippen LogP contribution in [0.1, 0.15) is 20.7 Å². The predicted molar refractivity (Wildman–Crippen MR) is 74.5 cm³/mol. The average Bonchev–Trinajstić information content (AvgIpc) is 2.48. The number of Topliss-reactive ketones (excluding diaryl/α,β-unsaturated/α-hetero) is 1. The van der Waals surface area contributed by atoms with Crippen LogP contribution in [0, 0.1) is 5.82 Å². The molecule has 0 radical (unpaired) electrons. The molecule has 0 atom stereocenters. The number of benzene rings is 2. The Balaban J connectivity index is 2.03. The van der Waals surface area contributed by atoms with Crippen molar-refractivity contribution < 1.29 is 14.0 Å². The van der Waals surface area contributed by atoms with Gasteiger partial charge in [0.25, 0.3) is 5.91 Å². The number of hydrogen-bond donors (Lipinski definition) is 1. The van der Waals surface area contributed by atoms with Gasteiger partial charge >= 0.3 is 0 Å². The lowest BCUT2D eigenvalue weighted by Gasteiger charge is -2.06. The zero-order valence-electron chi connectivity index (χ0n) is 10.4. The van der Waals surface area contributed by atoms with E-state index in [1.807, 2.05) is 0 Å². The van der Waals surface area contributed by atoms with Crippen molar-refractivity contribution in [1.29, 1.82) is 0 Å². The Kier molecular flexibility index (Phi) is 4.48. The Bertz CT molecular complexity index is 644. The number of nitrogens with one attached hydrogen (secondary N) is 1. The lowest BCUT2D eigenvalue weighted by Crippen LogP contribution is -2.29. The first-order chi connectivity index (χ1) is 9.59. The Morgan fingerprint density at radius 1 is 1.05 bits per heavy atom. The number of carbonyl (C=O) groups is 2. The van der Waals surface area contributed by atoms with Gasteiger partial charge in [0.05, 0.1) is 17.1 Å². The molecule has 1 amide bonds. The van der Waals surface area contributed by atoms with E-state index in [2.05, 4.69) is 5.32 Å². The molecule has 0 fully saturated rings. The average molecular weight is 292 g/mol. The third kappa shape index (κ3) is 3.22. The highest BCUT2D eigenvalue weighted by Gasteiger charge is 2.14. The summed E-state index contributed by atoms with van der Waals surface area (Å²) in [5.74, 6) is -1.49. The van der Waals surface area contributed by atoms with E-state index in [0.29, 0.717) is 5.56 Å². The van der Waals surface area contributed by atoms with Crippen molar-refractivity contribution in [1.82, 2.24) is 5.32 Å². The fourth-order valence-corrected chi connectivity index (χ4v) is 1.87. The Morgan fingerprint density at radius 3 is 2.45 bits per heavy atom. The quantitative estimate of drug-likeness (QED) is 0.880. The number of hydrogen-bond acceptors (Lipinski definition) is 2. The first kappa shape index (κ1) is 14.2. The molecule has 0 aliphatic carbocycles. The van der Waals surface area contributed by atoms with Gasteiger partial charge in [0.15, 0.2) is 5.78 Å². The molecule has 0 saturated heterocycles. The molecule has 20 heavy (non-hydrogen) atoms. The minimum Gasteiger partial charge on any atom is -0.345 e. The summed E-state index contributed by atoms with van der Waals surface area (Å²) >= 11 is 5.70. The van der Waals surface area contributed by atoms with Crippen LogP contribution in [0.15, 0.2) is 48.5 Å². The summed E-state index contributed by atoms with van der Waals surface area (Å²) in [4.78, 5) is 23.6. The molecule has 2 rings (SSSR count). The molecule has 0 aliphatic rings. The molecule has 0 bridgehead atoms. The van der Waals surface area contributed by atoms with Gasteiger partial charge in [-0.15, -0.1) is 0 Å². The smallest absolute Gasteiger partial charge is 0.253 e. The first-order valence-corrected chi connectivity index (χ1v) is 6.28. The van der Waals surface area contributed by atoms with Crippen molar-refractivity contribution >= 4 is 23.3 Å². The van der Waals surface area contributed by atoms with Crippen LogP contribution >= 0.6 is 11.6 Å². The molecule has 5 heteroatoms. The molecular formula is C15H11ClFNO2. The normalized spacial score (nSPS) is 10.1. The van der Waals surface area contributed by atoms with E-state index in [1.54, 1.807) is 30.3 Å². The maximum atomic E-state index is 13.2. The van der Waals surface area contributed by atoms with Crippen LogP contribution in [0.4, 0.5) is 4.39 Å². The molecule has 0 saturated carbocycles. The van der Waals surface area contributed by atoms with E-state index in [9.17, 15) is 14.0 Å². The Morgan fingerprint density at radius 2 is 1.75 bits per heavy atom. The Labute approximate surface area is 120 Å². The van der Waals surface area contributed by atoms with E-state index in [0.717, 1.165) is 6.07 Å². The summed E-state index contributed by atoms with van der Waals surface area (Å²) in [5, 5.41) is 2.17. The monoisotopic (exact) mass is 291 g/mol. The van der Waals surface area contributed by atoms with E-state index >= 15 is 0 Å². The molecule has 1 N–H and O–H groups in total. The fraction of sp³-hybridized carbons (Fsp3) is 0.0667. The van der Waals surface area contributed by atoms with Crippen LogP contribution in [0.5, 0.6) is 0 Å². The van der Waals surface area contributed by atoms with Crippen molar-refractivity contribution in [3.05, 3.63) is 70.5 Å². The van der Waals surface area contributed by atoms with Crippen LogP contribution in [0.25, 0.3) is 0 Å².